The van der Waals surface area contributed by atoms with Gasteiger partial charge in [0.25, 0.3) is 0 Å². The van der Waals surface area contributed by atoms with Gasteiger partial charge in [-0.1, -0.05) is 58.0 Å². The third kappa shape index (κ3) is 6.76. The van der Waals surface area contributed by atoms with Gasteiger partial charge in [-0.15, -0.1) is 0 Å². The predicted octanol–water partition coefficient (Wildman–Crippen LogP) is 3.67. The average molecular weight is 290 g/mol. The Balaban J connectivity index is 2.76. The highest BCUT2D eigenvalue weighted by Crippen LogP contribution is 2.29. The van der Waals surface area contributed by atoms with Crippen LogP contribution in [0.3, 0.4) is 0 Å². The molecule has 1 rings (SSSR count). The quantitative estimate of drug-likeness (QED) is 0.804. The Morgan fingerprint density at radius 3 is 2.33 bits per heavy atom. The smallest absolute Gasteiger partial charge is 0.236 e. The second kappa shape index (κ2) is 8.18. The Kier molecular flexibility index (Phi) is 6.90. The van der Waals surface area contributed by atoms with Crippen molar-refractivity contribution in [3.63, 3.8) is 0 Å². The van der Waals surface area contributed by atoms with E-state index in [1.54, 1.807) is 0 Å². The van der Waals surface area contributed by atoms with E-state index < -0.39 is 0 Å². The molecule has 2 unspecified atom stereocenters. The van der Waals surface area contributed by atoms with Crippen molar-refractivity contribution < 1.29 is 4.79 Å². The van der Waals surface area contributed by atoms with Crippen LogP contribution in [0.2, 0.25) is 0 Å². The molecule has 1 aromatic carbocycles. The number of hydrogen-bond acceptors (Lipinski definition) is 2. The van der Waals surface area contributed by atoms with E-state index in [4.69, 9.17) is 0 Å². The normalized spacial score (nSPS) is 14.5. The first-order chi connectivity index (χ1) is 9.83. The van der Waals surface area contributed by atoms with Crippen LogP contribution in [0.1, 0.15) is 59.1 Å². The van der Waals surface area contributed by atoms with Crippen LogP contribution < -0.4 is 10.6 Å². The Bertz CT molecular complexity index is 423. The Morgan fingerprint density at radius 2 is 1.81 bits per heavy atom. The average Bonchev–Trinajstić information content (AvgIpc) is 2.43. The van der Waals surface area contributed by atoms with E-state index in [0.717, 1.165) is 19.4 Å². The molecule has 0 fully saturated rings. The van der Waals surface area contributed by atoms with E-state index in [2.05, 4.69) is 62.6 Å². The molecule has 0 bridgehead atoms. The lowest BCUT2D eigenvalue weighted by molar-refractivity contribution is -0.123. The number of rotatable bonds is 7. The highest BCUT2D eigenvalue weighted by atomic mass is 16.2. The van der Waals surface area contributed by atoms with Crippen LogP contribution in [0.4, 0.5) is 0 Å². The van der Waals surface area contributed by atoms with Crippen LogP contribution in [0.25, 0.3) is 0 Å². The minimum atomic E-state index is -0.191. The summed E-state index contributed by atoms with van der Waals surface area (Å²) in [4.78, 5) is 12.1. The Labute approximate surface area is 129 Å². The molecule has 0 aromatic heterocycles. The van der Waals surface area contributed by atoms with E-state index in [0.29, 0.717) is 0 Å². The van der Waals surface area contributed by atoms with Gasteiger partial charge in [0, 0.05) is 12.6 Å². The third-order valence-corrected chi connectivity index (χ3v) is 3.41. The molecular formula is C18H30N2O. The number of benzene rings is 1. The third-order valence-electron chi connectivity index (χ3n) is 3.41. The maximum Gasteiger partial charge on any atom is 0.236 e. The number of carbonyl (C=O) groups is 1. The van der Waals surface area contributed by atoms with Gasteiger partial charge < -0.3 is 5.32 Å². The molecule has 0 heterocycles. The molecule has 21 heavy (non-hydrogen) atoms. The summed E-state index contributed by atoms with van der Waals surface area (Å²) in [6, 6.07) is 10.4. The number of hydrogen-bond donors (Lipinski definition) is 2. The SMILES string of the molecule is CCCNC(=O)C(C)NC(CC(C)(C)C)c1ccccc1. The summed E-state index contributed by atoms with van der Waals surface area (Å²) in [5.41, 5.74) is 1.44. The Hall–Kier alpha value is -1.35. The summed E-state index contributed by atoms with van der Waals surface area (Å²) in [6.45, 7) is 11.4. The summed E-state index contributed by atoms with van der Waals surface area (Å²) in [6.07, 6.45) is 1.95. The van der Waals surface area contributed by atoms with E-state index >= 15 is 0 Å². The fraction of sp³-hybridized carbons (Fsp3) is 0.611. The van der Waals surface area contributed by atoms with Crippen molar-refractivity contribution in [1.29, 1.82) is 0 Å². The fourth-order valence-electron chi connectivity index (χ4n) is 2.35. The van der Waals surface area contributed by atoms with E-state index in [-0.39, 0.29) is 23.4 Å². The number of amides is 1. The van der Waals surface area contributed by atoms with Crippen LogP contribution in [-0.4, -0.2) is 18.5 Å². The zero-order valence-corrected chi connectivity index (χ0v) is 14.1. The zero-order chi connectivity index (χ0) is 15.9. The molecule has 118 valence electrons. The van der Waals surface area contributed by atoms with Crippen molar-refractivity contribution in [3.8, 4) is 0 Å². The van der Waals surface area contributed by atoms with Crippen LogP contribution in [0, 0.1) is 5.41 Å². The maximum absolute atomic E-state index is 12.1. The van der Waals surface area contributed by atoms with Crippen LogP contribution >= 0.6 is 0 Å². The van der Waals surface area contributed by atoms with Gasteiger partial charge in [0.15, 0.2) is 0 Å². The monoisotopic (exact) mass is 290 g/mol. The molecule has 2 N–H and O–H groups in total. The summed E-state index contributed by atoms with van der Waals surface area (Å²) in [7, 11) is 0. The van der Waals surface area contributed by atoms with Crippen molar-refractivity contribution in [3.05, 3.63) is 35.9 Å². The van der Waals surface area contributed by atoms with Crippen LogP contribution in [0.15, 0.2) is 30.3 Å². The lowest BCUT2D eigenvalue weighted by Crippen LogP contribution is -2.44. The van der Waals surface area contributed by atoms with E-state index in [1.807, 2.05) is 13.0 Å². The van der Waals surface area contributed by atoms with Gasteiger partial charge in [0.2, 0.25) is 5.91 Å². The molecule has 3 heteroatoms. The van der Waals surface area contributed by atoms with E-state index in [1.165, 1.54) is 5.56 Å². The van der Waals surface area contributed by atoms with Gasteiger partial charge in [-0.25, -0.2) is 0 Å². The van der Waals surface area contributed by atoms with Crippen molar-refractivity contribution in [1.82, 2.24) is 10.6 Å². The fourth-order valence-corrected chi connectivity index (χ4v) is 2.35. The first-order valence-corrected chi connectivity index (χ1v) is 7.92. The zero-order valence-electron chi connectivity index (χ0n) is 14.1. The van der Waals surface area contributed by atoms with Gasteiger partial charge in [0.1, 0.15) is 0 Å². The summed E-state index contributed by atoms with van der Waals surface area (Å²) >= 11 is 0. The predicted molar refractivity (Wildman–Crippen MR) is 89.2 cm³/mol. The molecule has 2 atom stereocenters. The second-order valence-electron chi connectivity index (χ2n) is 6.91. The molecule has 0 aliphatic rings. The maximum atomic E-state index is 12.1. The van der Waals surface area contributed by atoms with Gasteiger partial charge in [-0.05, 0) is 30.7 Å². The Morgan fingerprint density at radius 1 is 1.19 bits per heavy atom. The molecule has 0 saturated heterocycles. The number of nitrogens with one attached hydrogen (secondary N) is 2. The van der Waals surface area contributed by atoms with Crippen LogP contribution in [0.5, 0.6) is 0 Å². The molecular weight excluding hydrogens is 260 g/mol. The van der Waals surface area contributed by atoms with Gasteiger partial charge >= 0.3 is 0 Å². The molecule has 3 nitrogen and oxygen atoms in total. The lowest BCUT2D eigenvalue weighted by Gasteiger charge is -2.29. The van der Waals surface area contributed by atoms with Crippen LogP contribution in [-0.2, 0) is 4.79 Å². The first kappa shape index (κ1) is 17.7. The largest absolute Gasteiger partial charge is 0.355 e. The standard InChI is InChI=1S/C18H30N2O/c1-6-12-19-17(21)14(2)20-16(13-18(3,4)5)15-10-8-7-9-11-15/h7-11,14,16,20H,6,12-13H2,1-5H3,(H,19,21). The first-order valence-electron chi connectivity index (χ1n) is 7.92. The molecule has 0 saturated carbocycles. The van der Waals surface area contributed by atoms with Crippen molar-refractivity contribution in [2.24, 2.45) is 5.41 Å². The topological polar surface area (TPSA) is 41.1 Å². The molecule has 0 aliphatic heterocycles. The second-order valence-corrected chi connectivity index (χ2v) is 6.91. The summed E-state index contributed by atoms with van der Waals surface area (Å²) in [5.74, 6) is 0.0756. The van der Waals surface area contributed by atoms with Gasteiger partial charge in [-0.2, -0.15) is 0 Å². The number of carbonyl (C=O) groups excluding carboxylic acids is 1. The molecule has 1 amide bonds. The van der Waals surface area contributed by atoms with Crippen molar-refractivity contribution in [2.75, 3.05) is 6.54 Å². The van der Waals surface area contributed by atoms with E-state index in [9.17, 15) is 4.79 Å². The molecule has 0 spiro atoms. The minimum Gasteiger partial charge on any atom is -0.355 e. The van der Waals surface area contributed by atoms with Gasteiger partial charge in [0.05, 0.1) is 6.04 Å². The highest BCUT2D eigenvalue weighted by Gasteiger charge is 2.23. The lowest BCUT2D eigenvalue weighted by atomic mass is 9.85. The van der Waals surface area contributed by atoms with Crippen molar-refractivity contribution >= 4 is 5.91 Å². The highest BCUT2D eigenvalue weighted by molar-refractivity contribution is 5.81. The molecule has 0 aliphatic carbocycles. The minimum absolute atomic E-state index is 0.0756. The van der Waals surface area contributed by atoms with Crippen molar-refractivity contribution in [2.45, 2.75) is 59.5 Å². The summed E-state index contributed by atoms with van der Waals surface area (Å²) < 4.78 is 0. The molecule has 1 aromatic rings. The van der Waals surface area contributed by atoms with Gasteiger partial charge in [-0.3, -0.25) is 10.1 Å². The molecule has 0 radical (unpaired) electrons. The summed E-state index contributed by atoms with van der Waals surface area (Å²) in [5, 5.41) is 6.44.